The molecule has 5 rings (SSSR count). The van der Waals surface area contributed by atoms with Gasteiger partial charge in [0.25, 0.3) is 5.56 Å². The quantitative estimate of drug-likeness (QED) is 0.780. The smallest absolute Gasteiger partial charge is 0.255 e. The van der Waals surface area contributed by atoms with Gasteiger partial charge in [0.15, 0.2) is 0 Å². The second kappa shape index (κ2) is 7.92. The molecule has 2 atom stereocenters. The van der Waals surface area contributed by atoms with Gasteiger partial charge in [-0.05, 0) is 56.0 Å². The molecule has 0 N–H and O–H groups in total. The van der Waals surface area contributed by atoms with Crippen LogP contribution in [0.4, 0.5) is 0 Å². The van der Waals surface area contributed by atoms with Gasteiger partial charge < -0.3 is 9.30 Å². The Labute approximate surface area is 172 Å². The molecule has 6 nitrogen and oxygen atoms in total. The van der Waals surface area contributed by atoms with Gasteiger partial charge >= 0.3 is 0 Å². The summed E-state index contributed by atoms with van der Waals surface area (Å²) < 4.78 is 7.41. The number of rotatable bonds is 5. The number of hydrogen-bond acceptors (Lipinski definition) is 5. The summed E-state index contributed by atoms with van der Waals surface area (Å²) in [6, 6.07) is 6.39. The minimum atomic E-state index is 0.245. The number of nitrogens with zero attached hydrogens (tertiary/aromatic N) is 4. The van der Waals surface area contributed by atoms with E-state index in [1.54, 1.807) is 13.3 Å². The highest BCUT2D eigenvalue weighted by Crippen LogP contribution is 2.35. The lowest BCUT2D eigenvalue weighted by molar-refractivity contribution is 0.114. The van der Waals surface area contributed by atoms with E-state index >= 15 is 0 Å². The van der Waals surface area contributed by atoms with Crippen LogP contribution in [0.2, 0.25) is 0 Å². The Morgan fingerprint density at radius 2 is 1.93 bits per heavy atom. The van der Waals surface area contributed by atoms with E-state index in [1.165, 1.54) is 30.5 Å². The summed E-state index contributed by atoms with van der Waals surface area (Å²) in [7, 11) is 1.68. The molecule has 6 heteroatoms. The van der Waals surface area contributed by atoms with Crippen LogP contribution in [0.15, 0.2) is 35.4 Å². The maximum atomic E-state index is 13.2. The summed E-state index contributed by atoms with van der Waals surface area (Å²) in [5.41, 5.74) is 3.62. The number of aromatic nitrogens is 2. The van der Waals surface area contributed by atoms with Crippen LogP contribution in [-0.4, -0.2) is 52.6 Å². The van der Waals surface area contributed by atoms with Crippen molar-refractivity contribution in [3.63, 3.8) is 0 Å². The van der Waals surface area contributed by atoms with E-state index in [2.05, 4.69) is 37.5 Å². The fourth-order valence-electron chi connectivity index (χ4n) is 5.44. The third kappa shape index (κ3) is 3.83. The number of ether oxygens (including phenoxy) is 1. The van der Waals surface area contributed by atoms with Crippen molar-refractivity contribution in [1.82, 2.24) is 19.4 Å². The molecule has 0 saturated carbocycles. The van der Waals surface area contributed by atoms with E-state index in [0.717, 1.165) is 57.1 Å². The molecular weight excluding hydrogens is 364 g/mol. The number of fused-ring (bicyclic) bond motifs is 4. The lowest BCUT2D eigenvalue weighted by Gasteiger charge is -2.43. The zero-order valence-corrected chi connectivity index (χ0v) is 17.2. The number of hydrogen-bond donors (Lipinski definition) is 0. The van der Waals surface area contributed by atoms with Gasteiger partial charge in [0, 0.05) is 56.1 Å². The number of likely N-dealkylation sites (tertiary alicyclic amines) is 2. The predicted molar refractivity (Wildman–Crippen MR) is 112 cm³/mol. The van der Waals surface area contributed by atoms with Crippen LogP contribution in [0.3, 0.4) is 0 Å². The van der Waals surface area contributed by atoms with Crippen molar-refractivity contribution < 1.29 is 4.74 Å². The molecule has 0 aliphatic carbocycles. The lowest BCUT2D eigenvalue weighted by Crippen LogP contribution is -2.47. The normalized spacial score (nSPS) is 24.4. The molecule has 2 aromatic heterocycles. The summed E-state index contributed by atoms with van der Waals surface area (Å²) >= 11 is 0. The fourth-order valence-corrected chi connectivity index (χ4v) is 5.44. The van der Waals surface area contributed by atoms with E-state index in [-0.39, 0.29) is 5.56 Å². The van der Waals surface area contributed by atoms with Crippen LogP contribution >= 0.6 is 0 Å². The van der Waals surface area contributed by atoms with E-state index in [4.69, 9.17) is 4.74 Å². The summed E-state index contributed by atoms with van der Waals surface area (Å²) in [5, 5.41) is 0. The van der Waals surface area contributed by atoms with Gasteiger partial charge in [-0.2, -0.15) is 0 Å². The molecule has 2 bridgehead atoms. The second-order valence-electron chi connectivity index (χ2n) is 8.91. The largest absolute Gasteiger partial charge is 0.495 e. The van der Waals surface area contributed by atoms with E-state index < -0.39 is 0 Å². The van der Waals surface area contributed by atoms with Crippen molar-refractivity contribution in [2.45, 2.75) is 44.8 Å². The third-order valence-corrected chi connectivity index (χ3v) is 6.76. The minimum Gasteiger partial charge on any atom is -0.495 e. The first-order chi connectivity index (χ1) is 14.2. The van der Waals surface area contributed by atoms with Crippen molar-refractivity contribution in [2.75, 3.05) is 33.3 Å². The van der Waals surface area contributed by atoms with Crippen LogP contribution in [0.1, 0.15) is 42.0 Å². The first-order valence-electron chi connectivity index (χ1n) is 10.8. The Morgan fingerprint density at radius 1 is 1.07 bits per heavy atom. The molecule has 5 heterocycles. The molecule has 2 saturated heterocycles. The van der Waals surface area contributed by atoms with Crippen molar-refractivity contribution in [2.24, 2.45) is 5.92 Å². The van der Waals surface area contributed by atoms with Gasteiger partial charge in [0.05, 0.1) is 13.3 Å². The molecule has 0 spiro atoms. The summed E-state index contributed by atoms with van der Waals surface area (Å²) in [5.74, 6) is 1.79. The predicted octanol–water partition coefficient (Wildman–Crippen LogP) is 2.47. The molecule has 0 aromatic carbocycles. The highest BCUT2D eigenvalue weighted by molar-refractivity contribution is 5.25. The molecule has 2 fully saturated rings. The van der Waals surface area contributed by atoms with Crippen molar-refractivity contribution in [3.8, 4) is 5.75 Å². The molecule has 0 unspecified atom stereocenters. The highest BCUT2D eigenvalue weighted by atomic mass is 16.5. The maximum absolute atomic E-state index is 13.2. The molecule has 3 aliphatic rings. The monoisotopic (exact) mass is 394 g/mol. The molecule has 29 heavy (non-hydrogen) atoms. The van der Waals surface area contributed by atoms with Crippen molar-refractivity contribution >= 4 is 0 Å². The van der Waals surface area contributed by atoms with Crippen LogP contribution in [-0.2, 0) is 19.6 Å². The van der Waals surface area contributed by atoms with Gasteiger partial charge in [0.1, 0.15) is 5.75 Å². The summed E-state index contributed by atoms with van der Waals surface area (Å²) in [4.78, 5) is 22.4. The SMILES string of the molecule is COc1cncc(CN2C[C@@H]3C[C@H](C2)c2ccc(CN4CCCC4)c(=O)n2C3)c1. The molecule has 0 amide bonds. The average Bonchev–Trinajstić information content (AvgIpc) is 3.24. The van der Waals surface area contributed by atoms with Gasteiger partial charge in [-0.25, -0.2) is 0 Å². The van der Waals surface area contributed by atoms with Gasteiger partial charge in [-0.1, -0.05) is 6.07 Å². The van der Waals surface area contributed by atoms with E-state index in [1.807, 2.05) is 6.20 Å². The Morgan fingerprint density at radius 3 is 2.76 bits per heavy atom. The first-order valence-corrected chi connectivity index (χ1v) is 10.8. The molecule has 154 valence electrons. The number of methoxy groups -OCH3 is 1. The Hall–Kier alpha value is -2.18. The van der Waals surface area contributed by atoms with Crippen molar-refractivity contribution in [1.29, 1.82) is 0 Å². The topological polar surface area (TPSA) is 50.6 Å². The Bertz CT molecular complexity index is 935. The van der Waals surface area contributed by atoms with Gasteiger partial charge in [-0.15, -0.1) is 0 Å². The van der Waals surface area contributed by atoms with E-state index in [9.17, 15) is 4.79 Å². The third-order valence-electron chi connectivity index (χ3n) is 6.76. The number of pyridine rings is 2. The summed E-state index contributed by atoms with van der Waals surface area (Å²) in [6.07, 6.45) is 7.38. The maximum Gasteiger partial charge on any atom is 0.255 e. The number of piperidine rings is 1. The van der Waals surface area contributed by atoms with Crippen LogP contribution in [0.5, 0.6) is 5.75 Å². The van der Waals surface area contributed by atoms with Gasteiger partial charge in [0.2, 0.25) is 0 Å². The Balaban J connectivity index is 1.33. The van der Waals surface area contributed by atoms with Crippen molar-refractivity contribution in [3.05, 3.63) is 57.8 Å². The highest BCUT2D eigenvalue weighted by Gasteiger charge is 2.35. The molecule has 0 radical (unpaired) electrons. The lowest BCUT2D eigenvalue weighted by atomic mass is 9.83. The molecular formula is C23H30N4O2. The van der Waals surface area contributed by atoms with Crippen LogP contribution < -0.4 is 10.3 Å². The summed E-state index contributed by atoms with van der Waals surface area (Å²) in [6.45, 7) is 6.83. The fraction of sp³-hybridized carbons (Fsp3) is 0.565. The van der Waals surface area contributed by atoms with Crippen LogP contribution in [0, 0.1) is 5.92 Å². The van der Waals surface area contributed by atoms with E-state index in [0.29, 0.717) is 11.8 Å². The second-order valence-corrected chi connectivity index (χ2v) is 8.91. The minimum absolute atomic E-state index is 0.245. The van der Waals surface area contributed by atoms with Crippen LogP contribution in [0.25, 0.3) is 0 Å². The average molecular weight is 395 g/mol. The van der Waals surface area contributed by atoms with Gasteiger partial charge in [-0.3, -0.25) is 19.6 Å². The Kier molecular flexibility index (Phi) is 5.14. The zero-order valence-electron chi connectivity index (χ0n) is 17.2. The molecule has 3 aliphatic heterocycles. The standard InChI is InChI=1S/C23H30N4O2/c1-29-21-9-17(10-24-11-21)12-26-13-18-8-20(16-26)22-5-4-19(23(28)27(22)14-18)15-25-6-2-3-7-25/h4-5,9-11,18,20H,2-3,6-8,12-16H2,1H3/t18-,20+/m0/s1. The first kappa shape index (κ1) is 18.8. The zero-order chi connectivity index (χ0) is 19.8. The molecule has 2 aromatic rings.